The van der Waals surface area contributed by atoms with Crippen molar-refractivity contribution < 1.29 is 14.6 Å². The van der Waals surface area contributed by atoms with E-state index in [0.29, 0.717) is 22.4 Å². The lowest BCUT2D eigenvalue weighted by Gasteiger charge is -2.13. The molecule has 0 spiro atoms. The first-order chi connectivity index (χ1) is 10.0. The average molecular weight is 302 g/mol. The maximum atomic E-state index is 12.5. The van der Waals surface area contributed by atoms with E-state index in [2.05, 4.69) is 6.58 Å². The van der Waals surface area contributed by atoms with E-state index in [-0.39, 0.29) is 18.5 Å². The van der Waals surface area contributed by atoms with Crippen molar-refractivity contribution in [2.75, 3.05) is 0 Å². The SMILES string of the molecule is C=C(C(=O)c1cc(CO)cc(OC(C)C)c1)c1cccs1. The standard InChI is InChI=1S/C17H18O3S/c1-11(2)20-15-8-13(10-18)7-14(9-15)17(19)12(3)16-5-4-6-21-16/h4-9,11,18H,3,10H2,1-2H3. The summed E-state index contributed by atoms with van der Waals surface area (Å²) in [7, 11) is 0. The number of hydrogen-bond donors (Lipinski definition) is 1. The Hall–Kier alpha value is -1.91. The first kappa shape index (κ1) is 15.5. The van der Waals surface area contributed by atoms with Gasteiger partial charge < -0.3 is 9.84 Å². The zero-order chi connectivity index (χ0) is 15.4. The van der Waals surface area contributed by atoms with Crippen molar-refractivity contribution in [1.29, 1.82) is 0 Å². The molecule has 2 rings (SSSR count). The van der Waals surface area contributed by atoms with Gasteiger partial charge in [0, 0.05) is 16.0 Å². The molecule has 2 aromatic rings. The van der Waals surface area contributed by atoms with Crippen LogP contribution in [0.15, 0.2) is 42.3 Å². The van der Waals surface area contributed by atoms with Gasteiger partial charge in [-0.15, -0.1) is 11.3 Å². The Morgan fingerprint density at radius 1 is 1.38 bits per heavy atom. The van der Waals surface area contributed by atoms with E-state index in [4.69, 9.17) is 4.74 Å². The lowest BCUT2D eigenvalue weighted by atomic mass is 10.0. The van der Waals surface area contributed by atoms with Gasteiger partial charge in [0.05, 0.1) is 12.7 Å². The van der Waals surface area contributed by atoms with Gasteiger partial charge in [0.15, 0.2) is 5.78 Å². The average Bonchev–Trinajstić information content (AvgIpc) is 2.98. The number of aliphatic hydroxyl groups excluding tert-OH is 1. The molecule has 0 radical (unpaired) electrons. The maximum absolute atomic E-state index is 12.5. The van der Waals surface area contributed by atoms with Crippen molar-refractivity contribution in [3.63, 3.8) is 0 Å². The molecule has 1 aromatic carbocycles. The van der Waals surface area contributed by atoms with Crippen LogP contribution in [0.3, 0.4) is 0 Å². The highest BCUT2D eigenvalue weighted by atomic mass is 32.1. The number of carbonyl (C=O) groups excluding carboxylic acids is 1. The topological polar surface area (TPSA) is 46.5 Å². The molecule has 0 saturated heterocycles. The van der Waals surface area contributed by atoms with E-state index in [9.17, 15) is 9.90 Å². The highest BCUT2D eigenvalue weighted by molar-refractivity contribution is 7.11. The number of thiophene rings is 1. The molecule has 0 atom stereocenters. The second-order valence-corrected chi connectivity index (χ2v) is 5.92. The Bertz CT molecular complexity index is 642. The van der Waals surface area contributed by atoms with Crippen LogP contribution in [0.4, 0.5) is 0 Å². The predicted octanol–water partition coefficient (Wildman–Crippen LogP) is 3.92. The number of ketones is 1. The summed E-state index contributed by atoms with van der Waals surface area (Å²) in [5.74, 6) is 0.431. The van der Waals surface area contributed by atoms with Crippen LogP contribution < -0.4 is 4.74 Å². The number of Topliss-reactive ketones (excluding diaryl/α,β-unsaturated/α-hetero) is 1. The van der Waals surface area contributed by atoms with E-state index in [1.54, 1.807) is 18.2 Å². The second-order valence-electron chi connectivity index (χ2n) is 4.98. The van der Waals surface area contributed by atoms with Crippen LogP contribution in [0.2, 0.25) is 0 Å². The smallest absolute Gasteiger partial charge is 0.193 e. The molecular formula is C17H18O3S. The number of benzene rings is 1. The summed E-state index contributed by atoms with van der Waals surface area (Å²) in [4.78, 5) is 13.4. The zero-order valence-electron chi connectivity index (χ0n) is 12.1. The van der Waals surface area contributed by atoms with Gasteiger partial charge in [0.25, 0.3) is 0 Å². The summed E-state index contributed by atoms with van der Waals surface area (Å²) >= 11 is 1.48. The van der Waals surface area contributed by atoms with Crippen molar-refractivity contribution in [3.05, 3.63) is 58.3 Å². The Kier molecular flexibility index (Phi) is 4.94. The van der Waals surface area contributed by atoms with Crippen LogP contribution in [0.5, 0.6) is 5.75 Å². The molecule has 0 fully saturated rings. The molecule has 1 aromatic heterocycles. The molecule has 21 heavy (non-hydrogen) atoms. The van der Waals surface area contributed by atoms with Crippen molar-refractivity contribution >= 4 is 22.7 Å². The second kappa shape index (κ2) is 6.70. The van der Waals surface area contributed by atoms with Crippen molar-refractivity contribution in [1.82, 2.24) is 0 Å². The van der Waals surface area contributed by atoms with Crippen molar-refractivity contribution in [3.8, 4) is 5.75 Å². The number of ether oxygens (including phenoxy) is 1. The molecule has 0 saturated carbocycles. The van der Waals surface area contributed by atoms with Gasteiger partial charge in [-0.2, -0.15) is 0 Å². The van der Waals surface area contributed by atoms with Crippen LogP contribution in [0.1, 0.15) is 34.6 Å². The molecule has 0 aliphatic heterocycles. The fourth-order valence-electron chi connectivity index (χ4n) is 1.96. The third kappa shape index (κ3) is 3.80. The molecule has 4 heteroatoms. The van der Waals surface area contributed by atoms with E-state index in [1.165, 1.54) is 11.3 Å². The lowest BCUT2D eigenvalue weighted by Crippen LogP contribution is -2.08. The highest BCUT2D eigenvalue weighted by Crippen LogP contribution is 2.26. The van der Waals surface area contributed by atoms with Gasteiger partial charge in [0.1, 0.15) is 5.75 Å². The van der Waals surface area contributed by atoms with Crippen LogP contribution in [0, 0.1) is 0 Å². The Balaban J connectivity index is 2.33. The Morgan fingerprint density at radius 3 is 2.71 bits per heavy atom. The molecule has 0 amide bonds. The first-order valence-corrected chi connectivity index (χ1v) is 7.58. The molecule has 0 aliphatic rings. The summed E-state index contributed by atoms with van der Waals surface area (Å²) in [6.07, 6.45) is 0.00222. The number of carbonyl (C=O) groups is 1. The van der Waals surface area contributed by atoms with Gasteiger partial charge in [-0.05, 0) is 49.1 Å². The summed E-state index contributed by atoms with van der Waals surface area (Å²) in [6.45, 7) is 7.57. The lowest BCUT2D eigenvalue weighted by molar-refractivity contribution is 0.105. The normalized spacial score (nSPS) is 10.7. The zero-order valence-corrected chi connectivity index (χ0v) is 12.9. The highest BCUT2D eigenvalue weighted by Gasteiger charge is 2.15. The Morgan fingerprint density at radius 2 is 2.14 bits per heavy atom. The van der Waals surface area contributed by atoms with Gasteiger partial charge in [0.2, 0.25) is 0 Å². The number of allylic oxidation sites excluding steroid dienone is 1. The van der Waals surface area contributed by atoms with E-state index < -0.39 is 0 Å². The molecule has 0 aliphatic carbocycles. The van der Waals surface area contributed by atoms with Gasteiger partial charge in [-0.25, -0.2) is 0 Å². The Labute approximate surface area is 128 Å². The molecule has 110 valence electrons. The molecule has 1 N–H and O–H groups in total. The van der Waals surface area contributed by atoms with Crippen LogP contribution in [-0.4, -0.2) is 17.0 Å². The minimum atomic E-state index is -0.152. The summed E-state index contributed by atoms with van der Waals surface area (Å²) in [6, 6.07) is 8.86. The number of hydrogen-bond acceptors (Lipinski definition) is 4. The minimum Gasteiger partial charge on any atom is -0.491 e. The van der Waals surface area contributed by atoms with Gasteiger partial charge in [-0.1, -0.05) is 12.6 Å². The third-order valence-electron chi connectivity index (χ3n) is 2.88. The fourth-order valence-corrected chi connectivity index (χ4v) is 2.66. The van der Waals surface area contributed by atoms with Gasteiger partial charge >= 0.3 is 0 Å². The summed E-state index contributed by atoms with van der Waals surface area (Å²) in [5, 5.41) is 11.2. The third-order valence-corrected chi connectivity index (χ3v) is 3.81. The van der Waals surface area contributed by atoms with E-state index in [0.717, 1.165) is 4.88 Å². The van der Waals surface area contributed by atoms with Crippen molar-refractivity contribution in [2.24, 2.45) is 0 Å². The molecule has 1 heterocycles. The van der Waals surface area contributed by atoms with Gasteiger partial charge in [-0.3, -0.25) is 4.79 Å². The molecular weight excluding hydrogens is 284 g/mol. The molecule has 0 unspecified atom stereocenters. The molecule has 3 nitrogen and oxygen atoms in total. The van der Waals surface area contributed by atoms with Crippen LogP contribution in [0.25, 0.3) is 5.57 Å². The quantitative estimate of drug-likeness (QED) is 0.650. The largest absolute Gasteiger partial charge is 0.491 e. The minimum absolute atomic E-state index is 0.00222. The van der Waals surface area contributed by atoms with Crippen LogP contribution in [-0.2, 0) is 6.61 Å². The van der Waals surface area contributed by atoms with E-state index >= 15 is 0 Å². The van der Waals surface area contributed by atoms with E-state index in [1.807, 2.05) is 31.4 Å². The number of aliphatic hydroxyl groups is 1. The molecule has 0 bridgehead atoms. The number of rotatable bonds is 6. The predicted molar refractivity (Wildman–Crippen MR) is 85.8 cm³/mol. The fraction of sp³-hybridized carbons (Fsp3) is 0.235. The maximum Gasteiger partial charge on any atom is 0.193 e. The van der Waals surface area contributed by atoms with Crippen LogP contribution >= 0.6 is 11.3 Å². The summed E-state index contributed by atoms with van der Waals surface area (Å²) in [5.41, 5.74) is 1.58. The monoisotopic (exact) mass is 302 g/mol. The van der Waals surface area contributed by atoms with Crippen molar-refractivity contribution in [2.45, 2.75) is 26.6 Å². The first-order valence-electron chi connectivity index (χ1n) is 6.70. The summed E-state index contributed by atoms with van der Waals surface area (Å²) < 4.78 is 5.63.